The normalized spacial score (nSPS) is 18.1. The molecule has 9 nitrogen and oxygen atoms in total. The number of carboxylic acids is 2. The molecule has 2 heterocycles. The monoisotopic (exact) mass is 437 g/mol. The molecule has 2 aromatic rings. The minimum Gasteiger partial charge on any atom is -0.478 e. The van der Waals surface area contributed by atoms with E-state index in [1.165, 1.54) is 25.0 Å². The molecule has 0 spiro atoms. The standard InChI is InChI=1S/C23H23N3O6/c27-20-12-16(13-26(20)19-5-3-18(4-6-19)25-7-1-2-8-25)21(28)24-17-10-14(22(29)30)9-15(11-17)23(31)32/h3-6,9-11,16H,1-2,7-8,12-13H2,(H,24,28)(H,29,30)(H,31,32). The summed E-state index contributed by atoms with van der Waals surface area (Å²) in [6, 6.07) is 11.1. The molecule has 0 bridgehead atoms. The summed E-state index contributed by atoms with van der Waals surface area (Å²) in [5.41, 5.74) is 1.40. The maximum Gasteiger partial charge on any atom is 0.335 e. The van der Waals surface area contributed by atoms with Crippen molar-refractivity contribution >= 4 is 40.8 Å². The number of nitrogens with one attached hydrogen (secondary N) is 1. The number of carboxylic acid groups (broad SMARTS) is 2. The maximum absolute atomic E-state index is 12.7. The molecule has 0 saturated carbocycles. The van der Waals surface area contributed by atoms with Gasteiger partial charge < -0.3 is 25.3 Å². The van der Waals surface area contributed by atoms with Gasteiger partial charge in [0.25, 0.3) is 0 Å². The first kappa shape index (κ1) is 21.4. The molecule has 1 unspecified atom stereocenters. The number of rotatable bonds is 6. The van der Waals surface area contributed by atoms with Crippen LogP contribution in [0, 0.1) is 5.92 Å². The second-order valence-electron chi connectivity index (χ2n) is 8.01. The van der Waals surface area contributed by atoms with Crippen molar-refractivity contribution in [3.05, 3.63) is 53.6 Å². The lowest BCUT2D eigenvalue weighted by atomic mass is 10.1. The molecule has 166 valence electrons. The quantitative estimate of drug-likeness (QED) is 0.634. The topological polar surface area (TPSA) is 127 Å². The van der Waals surface area contributed by atoms with Gasteiger partial charge in [-0.3, -0.25) is 9.59 Å². The summed E-state index contributed by atoms with van der Waals surface area (Å²) in [5, 5.41) is 20.9. The second kappa shape index (κ2) is 8.70. The lowest BCUT2D eigenvalue weighted by molar-refractivity contribution is -0.122. The van der Waals surface area contributed by atoms with Crippen LogP contribution in [-0.2, 0) is 9.59 Å². The molecule has 4 rings (SSSR count). The number of aromatic carboxylic acids is 2. The second-order valence-corrected chi connectivity index (χ2v) is 8.01. The van der Waals surface area contributed by atoms with E-state index >= 15 is 0 Å². The van der Waals surface area contributed by atoms with Crippen molar-refractivity contribution in [3.63, 3.8) is 0 Å². The fraction of sp³-hybridized carbons (Fsp3) is 0.304. The van der Waals surface area contributed by atoms with E-state index in [9.17, 15) is 29.4 Å². The van der Waals surface area contributed by atoms with Crippen molar-refractivity contribution in [1.29, 1.82) is 0 Å². The smallest absolute Gasteiger partial charge is 0.335 e. The van der Waals surface area contributed by atoms with Gasteiger partial charge in [-0.2, -0.15) is 0 Å². The summed E-state index contributed by atoms with van der Waals surface area (Å²) in [7, 11) is 0. The van der Waals surface area contributed by atoms with Crippen LogP contribution in [0.2, 0.25) is 0 Å². The number of hydrogen-bond acceptors (Lipinski definition) is 5. The number of carbonyl (C=O) groups excluding carboxylic acids is 2. The third-order valence-electron chi connectivity index (χ3n) is 5.82. The van der Waals surface area contributed by atoms with Gasteiger partial charge in [0.05, 0.1) is 17.0 Å². The van der Waals surface area contributed by atoms with Crippen molar-refractivity contribution in [2.24, 2.45) is 5.92 Å². The average molecular weight is 437 g/mol. The third kappa shape index (κ3) is 4.41. The Bertz CT molecular complexity index is 1040. The molecule has 0 aromatic heterocycles. The van der Waals surface area contributed by atoms with E-state index < -0.39 is 23.8 Å². The zero-order chi connectivity index (χ0) is 22.8. The first-order valence-electron chi connectivity index (χ1n) is 10.4. The Morgan fingerprint density at radius 3 is 2.00 bits per heavy atom. The number of amides is 2. The highest BCUT2D eigenvalue weighted by Gasteiger charge is 2.35. The van der Waals surface area contributed by atoms with Crippen LogP contribution in [0.1, 0.15) is 40.0 Å². The van der Waals surface area contributed by atoms with Gasteiger partial charge in [0.2, 0.25) is 11.8 Å². The van der Waals surface area contributed by atoms with E-state index in [0.29, 0.717) is 5.69 Å². The summed E-state index contributed by atoms with van der Waals surface area (Å²) in [6.07, 6.45) is 2.36. The van der Waals surface area contributed by atoms with Crippen LogP contribution in [-0.4, -0.2) is 53.6 Å². The first-order valence-corrected chi connectivity index (χ1v) is 10.4. The summed E-state index contributed by atoms with van der Waals surface area (Å²) < 4.78 is 0. The van der Waals surface area contributed by atoms with Crippen molar-refractivity contribution in [2.45, 2.75) is 19.3 Å². The van der Waals surface area contributed by atoms with Crippen LogP contribution in [0.3, 0.4) is 0 Å². The highest BCUT2D eigenvalue weighted by atomic mass is 16.4. The first-order chi connectivity index (χ1) is 15.3. The summed E-state index contributed by atoms with van der Waals surface area (Å²) >= 11 is 0. The van der Waals surface area contributed by atoms with E-state index in [1.807, 2.05) is 24.3 Å². The van der Waals surface area contributed by atoms with Crippen LogP contribution in [0.25, 0.3) is 0 Å². The number of hydrogen-bond donors (Lipinski definition) is 3. The van der Waals surface area contributed by atoms with Crippen LogP contribution in [0.15, 0.2) is 42.5 Å². The largest absolute Gasteiger partial charge is 0.478 e. The van der Waals surface area contributed by atoms with Crippen molar-refractivity contribution in [1.82, 2.24) is 0 Å². The van der Waals surface area contributed by atoms with E-state index in [2.05, 4.69) is 10.2 Å². The minimum absolute atomic E-state index is 0.0180. The Labute approximate surface area is 184 Å². The lowest BCUT2D eigenvalue weighted by Crippen LogP contribution is -2.28. The molecule has 2 saturated heterocycles. The van der Waals surface area contributed by atoms with Gasteiger partial charge in [-0.25, -0.2) is 9.59 Å². The predicted octanol–water partition coefficient (Wildman–Crippen LogP) is 2.67. The Morgan fingerprint density at radius 1 is 0.875 bits per heavy atom. The van der Waals surface area contributed by atoms with Gasteiger partial charge in [-0.15, -0.1) is 0 Å². The van der Waals surface area contributed by atoms with E-state index in [1.54, 1.807) is 4.90 Å². The molecule has 1 atom stereocenters. The Hall–Kier alpha value is -3.88. The molecule has 2 aliphatic rings. The average Bonchev–Trinajstić information content (AvgIpc) is 3.43. The Morgan fingerprint density at radius 2 is 1.44 bits per heavy atom. The van der Waals surface area contributed by atoms with E-state index in [4.69, 9.17) is 0 Å². The summed E-state index contributed by atoms with van der Waals surface area (Å²) in [6.45, 7) is 2.24. The Balaban J connectivity index is 1.45. The number of benzene rings is 2. The van der Waals surface area contributed by atoms with Crippen LogP contribution in [0.4, 0.5) is 17.1 Å². The summed E-state index contributed by atoms with van der Waals surface area (Å²) in [5.74, 6) is -3.88. The molecular formula is C23H23N3O6. The van der Waals surface area contributed by atoms with Gasteiger partial charge in [0.1, 0.15) is 0 Å². The zero-order valence-electron chi connectivity index (χ0n) is 17.3. The third-order valence-corrected chi connectivity index (χ3v) is 5.82. The molecule has 9 heteroatoms. The molecular weight excluding hydrogens is 414 g/mol. The van der Waals surface area contributed by atoms with Crippen molar-refractivity contribution in [2.75, 3.05) is 34.8 Å². The lowest BCUT2D eigenvalue weighted by Gasteiger charge is -2.20. The van der Waals surface area contributed by atoms with Crippen molar-refractivity contribution < 1.29 is 29.4 Å². The van der Waals surface area contributed by atoms with Crippen LogP contribution in [0.5, 0.6) is 0 Å². The predicted molar refractivity (Wildman–Crippen MR) is 117 cm³/mol. The van der Waals surface area contributed by atoms with Gasteiger partial charge in [0, 0.05) is 43.1 Å². The molecule has 2 aromatic carbocycles. The molecule has 0 aliphatic carbocycles. The van der Waals surface area contributed by atoms with E-state index in [0.717, 1.165) is 24.8 Å². The highest BCUT2D eigenvalue weighted by Crippen LogP contribution is 2.29. The highest BCUT2D eigenvalue weighted by molar-refractivity contribution is 6.04. The van der Waals surface area contributed by atoms with E-state index in [-0.39, 0.29) is 35.7 Å². The van der Waals surface area contributed by atoms with Gasteiger partial charge in [-0.1, -0.05) is 0 Å². The number of nitrogens with zero attached hydrogens (tertiary/aromatic N) is 2. The van der Waals surface area contributed by atoms with Crippen LogP contribution < -0.4 is 15.1 Å². The van der Waals surface area contributed by atoms with Gasteiger partial charge in [-0.05, 0) is 55.3 Å². The fourth-order valence-electron chi connectivity index (χ4n) is 4.14. The number of carbonyl (C=O) groups is 4. The molecule has 32 heavy (non-hydrogen) atoms. The minimum atomic E-state index is -1.30. The fourth-order valence-corrected chi connectivity index (χ4v) is 4.14. The molecule has 3 N–H and O–H groups in total. The molecule has 2 aliphatic heterocycles. The van der Waals surface area contributed by atoms with Gasteiger partial charge >= 0.3 is 11.9 Å². The van der Waals surface area contributed by atoms with Crippen molar-refractivity contribution in [3.8, 4) is 0 Å². The summed E-state index contributed by atoms with van der Waals surface area (Å²) in [4.78, 5) is 51.7. The molecule has 2 fully saturated rings. The maximum atomic E-state index is 12.7. The van der Waals surface area contributed by atoms with Gasteiger partial charge in [0.15, 0.2) is 0 Å². The number of anilines is 3. The van der Waals surface area contributed by atoms with Crippen LogP contribution >= 0.6 is 0 Å². The zero-order valence-corrected chi connectivity index (χ0v) is 17.3. The Kier molecular flexibility index (Phi) is 5.81. The molecule has 0 radical (unpaired) electrons. The SMILES string of the molecule is O=C(O)c1cc(NC(=O)C2CC(=O)N(c3ccc(N4CCCC4)cc3)C2)cc(C(=O)O)c1. The molecule has 2 amide bonds.